The quantitative estimate of drug-likeness (QED) is 0.671. The number of ether oxygens (including phenoxy) is 1. The maximum Gasteiger partial charge on any atom is 0.263 e. The van der Waals surface area contributed by atoms with Crippen LogP contribution in [0, 0.1) is 6.92 Å². The molecule has 0 bridgehead atoms. The summed E-state index contributed by atoms with van der Waals surface area (Å²) in [6.45, 7) is 2.43. The number of aryl methyl sites for hydroxylation is 1. The SMILES string of the molecule is Cc1ccc(Cn2nccc2NC(=O)COc2ccc(Cl)cc2Cl)cc1. The minimum atomic E-state index is -0.304. The molecule has 1 heterocycles. The third-order valence-electron chi connectivity index (χ3n) is 3.69. The van der Waals surface area contributed by atoms with Crippen LogP contribution in [0.3, 0.4) is 0 Å². The van der Waals surface area contributed by atoms with Crippen molar-refractivity contribution in [1.29, 1.82) is 0 Å². The molecular weight excluding hydrogens is 373 g/mol. The van der Waals surface area contributed by atoms with E-state index in [0.29, 0.717) is 28.2 Å². The molecule has 0 saturated heterocycles. The molecule has 0 fully saturated rings. The molecule has 3 aromatic rings. The smallest absolute Gasteiger partial charge is 0.263 e. The number of carbonyl (C=O) groups is 1. The van der Waals surface area contributed by atoms with Crippen LogP contribution in [0.1, 0.15) is 11.1 Å². The number of rotatable bonds is 6. The number of amides is 1. The number of carbonyl (C=O) groups excluding carboxylic acids is 1. The monoisotopic (exact) mass is 389 g/mol. The summed E-state index contributed by atoms with van der Waals surface area (Å²) in [5.74, 6) is 0.697. The van der Waals surface area contributed by atoms with Gasteiger partial charge in [-0.25, -0.2) is 4.68 Å². The molecule has 1 aromatic heterocycles. The van der Waals surface area contributed by atoms with Crippen molar-refractivity contribution in [1.82, 2.24) is 9.78 Å². The Morgan fingerprint density at radius 2 is 1.92 bits per heavy atom. The van der Waals surface area contributed by atoms with Crippen LogP contribution in [0.25, 0.3) is 0 Å². The highest BCUT2D eigenvalue weighted by Gasteiger charge is 2.10. The van der Waals surface area contributed by atoms with Crippen LogP contribution >= 0.6 is 23.2 Å². The Labute approximate surface area is 161 Å². The van der Waals surface area contributed by atoms with E-state index in [-0.39, 0.29) is 12.5 Å². The highest BCUT2D eigenvalue weighted by atomic mass is 35.5. The van der Waals surface area contributed by atoms with Crippen LogP contribution in [-0.4, -0.2) is 22.3 Å². The molecule has 0 aliphatic heterocycles. The van der Waals surface area contributed by atoms with E-state index in [0.717, 1.165) is 5.56 Å². The lowest BCUT2D eigenvalue weighted by molar-refractivity contribution is -0.118. The molecule has 134 valence electrons. The molecule has 5 nitrogen and oxygen atoms in total. The third kappa shape index (κ3) is 4.77. The first-order valence-corrected chi connectivity index (χ1v) is 8.72. The summed E-state index contributed by atoms with van der Waals surface area (Å²) >= 11 is 11.9. The van der Waals surface area contributed by atoms with Crippen molar-refractivity contribution in [3.8, 4) is 5.75 Å². The van der Waals surface area contributed by atoms with Gasteiger partial charge in [-0.3, -0.25) is 4.79 Å². The number of aromatic nitrogens is 2. The van der Waals surface area contributed by atoms with E-state index in [4.69, 9.17) is 27.9 Å². The van der Waals surface area contributed by atoms with E-state index >= 15 is 0 Å². The van der Waals surface area contributed by atoms with Crippen molar-refractivity contribution in [2.24, 2.45) is 0 Å². The lowest BCUT2D eigenvalue weighted by Gasteiger charge is -2.11. The summed E-state index contributed by atoms with van der Waals surface area (Å²) in [5, 5.41) is 7.91. The fourth-order valence-electron chi connectivity index (χ4n) is 2.35. The Morgan fingerprint density at radius 3 is 2.65 bits per heavy atom. The summed E-state index contributed by atoms with van der Waals surface area (Å²) in [5.41, 5.74) is 2.29. The van der Waals surface area contributed by atoms with E-state index in [1.807, 2.05) is 31.2 Å². The number of nitrogens with one attached hydrogen (secondary N) is 1. The fourth-order valence-corrected chi connectivity index (χ4v) is 2.81. The van der Waals surface area contributed by atoms with Crippen molar-refractivity contribution < 1.29 is 9.53 Å². The highest BCUT2D eigenvalue weighted by Crippen LogP contribution is 2.27. The summed E-state index contributed by atoms with van der Waals surface area (Å²) in [4.78, 5) is 12.2. The number of benzene rings is 2. The molecule has 1 N–H and O–H groups in total. The van der Waals surface area contributed by atoms with Gasteiger partial charge in [-0.15, -0.1) is 0 Å². The van der Waals surface area contributed by atoms with E-state index in [1.54, 1.807) is 35.1 Å². The van der Waals surface area contributed by atoms with Gasteiger partial charge in [0.05, 0.1) is 17.8 Å². The molecule has 0 atom stereocenters. The van der Waals surface area contributed by atoms with Crippen LogP contribution in [0.15, 0.2) is 54.7 Å². The maximum absolute atomic E-state index is 12.2. The minimum Gasteiger partial charge on any atom is -0.482 e. The summed E-state index contributed by atoms with van der Waals surface area (Å²) in [6.07, 6.45) is 1.64. The van der Waals surface area contributed by atoms with Gasteiger partial charge in [-0.1, -0.05) is 53.0 Å². The van der Waals surface area contributed by atoms with Crippen molar-refractivity contribution in [3.63, 3.8) is 0 Å². The Kier molecular flexibility index (Phi) is 5.81. The Morgan fingerprint density at radius 1 is 1.15 bits per heavy atom. The number of anilines is 1. The zero-order valence-electron chi connectivity index (χ0n) is 14.1. The van der Waals surface area contributed by atoms with Gasteiger partial charge in [0.15, 0.2) is 6.61 Å². The molecule has 2 aromatic carbocycles. The van der Waals surface area contributed by atoms with E-state index in [1.165, 1.54) is 5.56 Å². The molecule has 0 aliphatic carbocycles. The summed E-state index contributed by atoms with van der Waals surface area (Å²) in [7, 11) is 0. The molecule has 1 amide bonds. The molecule has 0 radical (unpaired) electrons. The standard InChI is InChI=1S/C19H17Cl2N3O2/c1-13-2-4-14(5-3-13)11-24-18(8-9-22-24)23-19(25)12-26-17-7-6-15(20)10-16(17)21/h2-10H,11-12H2,1H3,(H,23,25). The normalized spacial score (nSPS) is 10.6. The molecular formula is C19H17Cl2N3O2. The van der Waals surface area contributed by atoms with Crippen LogP contribution in [-0.2, 0) is 11.3 Å². The maximum atomic E-state index is 12.2. The second-order valence-electron chi connectivity index (χ2n) is 5.77. The largest absolute Gasteiger partial charge is 0.482 e. The van der Waals surface area contributed by atoms with Gasteiger partial charge in [0.1, 0.15) is 11.6 Å². The first-order chi connectivity index (χ1) is 12.5. The topological polar surface area (TPSA) is 56.2 Å². The molecule has 0 saturated carbocycles. The third-order valence-corrected chi connectivity index (χ3v) is 4.22. The summed E-state index contributed by atoms with van der Waals surface area (Å²) < 4.78 is 7.16. The van der Waals surface area contributed by atoms with E-state index < -0.39 is 0 Å². The molecule has 0 aliphatic rings. The Balaban J connectivity index is 1.59. The Hall–Kier alpha value is -2.50. The molecule has 0 spiro atoms. The Bertz CT molecular complexity index is 907. The predicted molar refractivity (Wildman–Crippen MR) is 103 cm³/mol. The zero-order valence-corrected chi connectivity index (χ0v) is 15.6. The van der Waals surface area contributed by atoms with Crippen molar-refractivity contribution in [3.05, 3.63) is 75.9 Å². The molecule has 7 heteroatoms. The lowest BCUT2D eigenvalue weighted by Crippen LogP contribution is -2.22. The van der Waals surface area contributed by atoms with Gasteiger partial charge in [0, 0.05) is 11.1 Å². The molecule has 0 unspecified atom stereocenters. The van der Waals surface area contributed by atoms with Crippen LogP contribution < -0.4 is 10.1 Å². The van der Waals surface area contributed by atoms with Gasteiger partial charge in [0.2, 0.25) is 0 Å². The minimum absolute atomic E-state index is 0.170. The number of hydrogen-bond donors (Lipinski definition) is 1. The van der Waals surface area contributed by atoms with Crippen molar-refractivity contribution in [2.75, 3.05) is 11.9 Å². The number of halogens is 2. The second kappa shape index (κ2) is 8.25. The lowest BCUT2D eigenvalue weighted by atomic mass is 10.1. The van der Waals surface area contributed by atoms with Gasteiger partial charge in [0.25, 0.3) is 5.91 Å². The van der Waals surface area contributed by atoms with Crippen molar-refractivity contribution >= 4 is 34.9 Å². The van der Waals surface area contributed by atoms with Gasteiger partial charge in [-0.2, -0.15) is 5.10 Å². The average Bonchev–Trinajstić information content (AvgIpc) is 3.03. The van der Waals surface area contributed by atoms with E-state index in [2.05, 4.69) is 10.4 Å². The number of hydrogen-bond acceptors (Lipinski definition) is 3. The predicted octanol–water partition coefficient (Wildman–Crippen LogP) is 4.56. The zero-order chi connectivity index (χ0) is 18.5. The number of nitrogens with zero attached hydrogens (tertiary/aromatic N) is 2. The average molecular weight is 390 g/mol. The van der Waals surface area contributed by atoms with Crippen LogP contribution in [0.2, 0.25) is 10.0 Å². The molecule has 3 rings (SSSR count). The van der Waals surface area contributed by atoms with Crippen molar-refractivity contribution in [2.45, 2.75) is 13.5 Å². The van der Waals surface area contributed by atoms with Crippen LogP contribution in [0.5, 0.6) is 5.75 Å². The summed E-state index contributed by atoms with van der Waals surface area (Å²) in [6, 6.07) is 14.7. The van der Waals surface area contributed by atoms with E-state index in [9.17, 15) is 4.79 Å². The van der Waals surface area contributed by atoms with Gasteiger partial charge >= 0.3 is 0 Å². The molecule has 26 heavy (non-hydrogen) atoms. The van der Waals surface area contributed by atoms with Gasteiger partial charge < -0.3 is 10.1 Å². The van der Waals surface area contributed by atoms with Gasteiger partial charge in [-0.05, 0) is 30.7 Å². The van der Waals surface area contributed by atoms with Crippen LogP contribution in [0.4, 0.5) is 5.82 Å². The first-order valence-electron chi connectivity index (χ1n) is 7.96. The highest BCUT2D eigenvalue weighted by molar-refractivity contribution is 6.35. The fraction of sp³-hybridized carbons (Fsp3) is 0.158. The second-order valence-corrected chi connectivity index (χ2v) is 6.61. The first kappa shape index (κ1) is 18.3.